The molecule has 5 rings (SSSR count). The zero-order valence-corrected chi connectivity index (χ0v) is 18.9. The highest BCUT2D eigenvalue weighted by molar-refractivity contribution is 6.00. The third-order valence-electron chi connectivity index (χ3n) is 6.45. The number of aromatic carboxylic acids is 1. The Hall–Kier alpha value is -4.00. The number of nitrogens with zero attached hydrogens (tertiary/aromatic N) is 2. The van der Waals surface area contributed by atoms with Gasteiger partial charge in [0.2, 0.25) is 0 Å². The van der Waals surface area contributed by atoms with Crippen LogP contribution in [0.25, 0.3) is 0 Å². The van der Waals surface area contributed by atoms with Crippen LogP contribution >= 0.6 is 0 Å². The van der Waals surface area contributed by atoms with Gasteiger partial charge in [-0.3, -0.25) is 0 Å². The van der Waals surface area contributed by atoms with Crippen molar-refractivity contribution in [2.24, 2.45) is 0 Å². The topological polar surface area (TPSA) is 79.3 Å². The summed E-state index contributed by atoms with van der Waals surface area (Å²) in [6.07, 6.45) is 0. The number of fused-ring (bicyclic) bond motifs is 6. The summed E-state index contributed by atoms with van der Waals surface area (Å²) in [5.74, 6) is -0.465. The first-order valence-electron chi connectivity index (χ1n) is 10.7. The smallest absolute Gasteiger partial charge is 0.340 e. The molecule has 1 spiro atoms. The average Bonchev–Trinajstić information content (AvgIpc) is 3.10. The van der Waals surface area contributed by atoms with Crippen LogP contribution in [-0.4, -0.2) is 44.7 Å². The van der Waals surface area contributed by atoms with Gasteiger partial charge in [-0.25, -0.2) is 9.59 Å². The molecule has 33 heavy (non-hydrogen) atoms. The normalized spacial score (nSPS) is 17.5. The molecule has 0 amide bonds. The summed E-state index contributed by atoms with van der Waals surface area (Å²) in [5.41, 5.74) is 3.00. The van der Waals surface area contributed by atoms with Crippen molar-refractivity contribution in [3.05, 3.63) is 82.4 Å². The Morgan fingerprint density at radius 2 is 1.52 bits per heavy atom. The van der Waals surface area contributed by atoms with Gasteiger partial charge in [0.05, 0.1) is 11.1 Å². The molecule has 1 N–H and O–H groups in total. The summed E-state index contributed by atoms with van der Waals surface area (Å²) < 4.78 is 12.5. The molecule has 168 valence electrons. The second-order valence-corrected chi connectivity index (χ2v) is 8.51. The highest BCUT2D eigenvalue weighted by Gasteiger charge is 2.53. The predicted octanol–water partition coefficient (Wildman–Crippen LogP) is 4.47. The molecule has 0 saturated heterocycles. The Morgan fingerprint density at radius 3 is 2.12 bits per heavy atom. The minimum atomic E-state index is -1.22. The van der Waals surface area contributed by atoms with Crippen LogP contribution in [-0.2, 0) is 10.3 Å². The van der Waals surface area contributed by atoms with Crippen LogP contribution in [0.15, 0.2) is 54.6 Å². The van der Waals surface area contributed by atoms with Crippen molar-refractivity contribution in [2.45, 2.75) is 12.5 Å². The average molecular weight is 444 g/mol. The maximum atomic E-state index is 13.1. The largest absolute Gasteiger partial charge is 0.478 e. The third kappa shape index (κ3) is 2.96. The quantitative estimate of drug-likeness (QED) is 0.595. The molecule has 0 aromatic heterocycles. The van der Waals surface area contributed by atoms with Gasteiger partial charge in [-0.1, -0.05) is 6.07 Å². The molecule has 2 aliphatic rings. The Bertz CT molecular complexity index is 1320. The Labute approximate surface area is 191 Å². The number of benzene rings is 3. The van der Waals surface area contributed by atoms with Crippen LogP contribution in [0.5, 0.6) is 11.5 Å². The molecule has 1 unspecified atom stereocenters. The van der Waals surface area contributed by atoms with Crippen LogP contribution in [0.2, 0.25) is 0 Å². The lowest BCUT2D eigenvalue weighted by Crippen LogP contribution is -2.33. The van der Waals surface area contributed by atoms with Crippen LogP contribution in [0.1, 0.15) is 44.3 Å². The highest BCUT2D eigenvalue weighted by Crippen LogP contribution is 2.57. The number of esters is 1. The van der Waals surface area contributed by atoms with Gasteiger partial charge >= 0.3 is 11.9 Å². The van der Waals surface area contributed by atoms with E-state index in [4.69, 9.17) is 9.47 Å². The van der Waals surface area contributed by atoms with Crippen molar-refractivity contribution in [2.75, 3.05) is 37.5 Å². The number of carboxylic acid groups (broad SMARTS) is 1. The molecule has 0 aliphatic carbocycles. The molecule has 2 heterocycles. The minimum Gasteiger partial charge on any atom is -0.478 e. The van der Waals surface area contributed by atoms with Gasteiger partial charge in [-0.05, 0) is 43.3 Å². The lowest BCUT2D eigenvalue weighted by Gasteiger charge is -2.37. The summed E-state index contributed by atoms with van der Waals surface area (Å²) in [4.78, 5) is 28.6. The third-order valence-corrected chi connectivity index (χ3v) is 6.45. The molecule has 0 fully saturated rings. The van der Waals surface area contributed by atoms with E-state index in [-0.39, 0.29) is 11.1 Å². The van der Waals surface area contributed by atoms with Gasteiger partial charge in [0.15, 0.2) is 5.60 Å². The van der Waals surface area contributed by atoms with Crippen LogP contribution in [0.4, 0.5) is 11.4 Å². The fourth-order valence-electron chi connectivity index (χ4n) is 4.54. The first kappa shape index (κ1) is 20.9. The fourth-order valence-corrected chi connectivity index (χ4v) is 4.54. The van der Waals surface area contributed by atoms with Crippen molar-refractivity contribution >= 4 is 23.3 Å². The molecule has 7 heteroatoms. The van der Waals surface area contributed by atoms with Gasteiger partial charge < -0.3 is 24.4 Å². The van der Waals surface area contributed by atoms with Crippen LogP contribution in [0.3, 0.4) is 0 Å². The number of carbonyl (C=O) groups is 2. The number of ether oxygens (including phenoxy) is 2. The zero-order chi connectivity index (χ0) is 23.5. The number of hydrogen-bond donors (Lipinski definition) is 1. The van der Waals surface area contributed by atoms with Crippen LogP contribution < -0.4 is 14.5 Å². The summed E-state index contributed by atoms with van der Waals surface area (Å²) in [6, 6.07) is 16.2. The minimum absolute atomic E-state index is 0.0399. The van der Waals surface area contributed by atoms with E-state index in [2.05, 4.69) is 11.8 Å². The second kappa shape index (κ2) is 7.27. The number of anilines is 2. The summed E-state index contributed by atoms with van der Waals surface area (Å²) >= 11 is 0. The summed E-state index contributed by atoms with van der Waals surface area (Å²) in [5, 5.41) is 9.43. The molecule has 1 atom stereocenters. The molecule has 0 bridgehead atoms. The molecule has 0 saturated carbocycles. The van der Waals surface area contributed by atoms with Gasteiger partial charge in [-0.15, -0.1) is 0 Å². The van der Waals surface area contributed by atoms with Crippen molar-refractivity contribution in [1.29, 1.82) is 0 Å². The highest BCUT2D eigenvalue weighted by atomic mass is 16.6. The van der Waals surface area contributed by atoms with E-state index in [1.54, 1.807) is 6.07 Å². The number of rotatable bonds is 4. The van der Waals surface area contributed by atoms with Crippen molar-refractivity contribution in [3.8, 4) is 11.5 Å². The predicted molar refractivity (Wildman–Crippen MR) is 125 cm³/mol. The molecule has 0 radical (unpaired) electrons. The molecule has 3 aromatic rings. The van der Waals surface area contributed by atoms with E-state index >= 15 is 0 Å². The van der Waals surface area contributed by atoms with E-state index in [9.17, 15) is 14.7 Å². The maximum absolute atomic E-state index is 13.1. The summed E-state index contributed by atoms with van der Waals surface area (Å²) in [6.45, 7) is 2.89. The molecule has 2 aliphatic heterocycles. The van der Waals surface area contributed by atoms with Crippen molar-refractivity contribution in [3.63, 3.8) is 0 Å². The number of carbonyl (C=O) groups excluding carboxylic acids is 1. The lowest BCUT2D eigenvalue weighted by atomic mass is 9.77. The summed E-state index contributed by atoms with van der Waals surface area (Å²) in [7, 11) is 5.89. The Kier molecular flexibility index (Phi) is 4.60. The zero-order valence-electron chi connectivity index (χ0n) is 18.9. The SMILES string of the molecule is CCN(C)c1ccc2c(c1)Oc1cc(N(C)C)ccc1C21OC(=O)c2cc(C(=O)O)ccc21. The number of carboxylic acids is 1. The monoisotopic (exact) mass is 444 g/mol. The van der Waals surface area contributed by atoms with Gasteiger partial charge in [0, 0.05) is 67.9 Å². The van der Waals surface area contributed by atoms with Gasteiger partial charge in [-0.2, -0.15) is 0 Å². The first-order chi connectivity index (χ1) is 15.8. The molecular formula is C26H24N2O5. The Morgan fingerprint density at radius 1 is 0.909 bits per heavy atom. The second-order valence-electron chi connectivity index (χ2n) is 8.51. The first-order valence-corrected chi connectivity index (χ1v) is 10.7. The van der Waals surface area contributed by atoms with E-state index in [0.29, 0.717) is 28.2 Å². The molecule has 3 aromatic carbocycles. The van der Waals surface area contributed by atoms with Gasteiger partial charge in [0.25, 0.3) is 0 Å². The lowest BCUT2D eigenvalue weighted by molar-refractivity contribution is 0.0224. The fraction of sp³-hybridized carbons (Fsp3) is 0.231. The Balaban J connectivity index is 1.80. The van der Waals surface area contributed by atoms with E-state index in [0.717, 1.165) is 17.9 Å². The molecular weight excluding hydrogens is 420 g/mol. The van der Waals surface area contributed by atoms with E-state index in [1.165, 1.54) is 12.1 Å². The van der Waals surface area contributed by atoms with E-state index in [1.807, 2.05) is 62.4 Å². The van der Waals surface area contributed by atoms with Gasteiger partial charge in [0.1, 0.15) is 11.5 Å². The number of hydrogen-bond acceptors (Lipinski definition) is 6. The van der Waals surface area contributed by atoms with Crippen LogP contribution in [0, 0.1) is 0 Å². The van der Waals surface area contributed by atoms with E-state index < -0.39 is 17.5 Å². The molecule has 7 nitrogen and oxygen atoms in total. The van der Waals surface area contributed by atoms with Crippen molar-refractivity contribution in [1.82, 2.24) is 0 Å². The van der Waals surface area contributed by atoms with Crippen molar-refractivity contribution < 1.29 is 24.2 Å². The standard InChI is InChI=1S/C26H24N2O5/c1-5-28(4)17-8-11-21-23(14-17)32-22-13-16(27(2)3)7-10-20(22)26(21)19-9-6-15(24(29)30)12-18(19)25(31)33-26/h6-14H,5H2,1-4H3,(H,29,30). The maximum Gasteiger partial charge on any atom is 0.340 e.